The van der Waals surface area contributed by atoms with Crippen molar-refractivity contribution in [2.45, 2.75) is 19.8 Å². The fourth-order valence-corrected chi connectivity index (χ4v) is 4.12. The molecule has 1 heterocycles. The van der Waals surface area contributed by atoms with Crippen molar-refractivity contribution in [3.63, 3.8) is 0 Å². The second kappa shape index (κ2) is 7.63. The summed E-state index contributed by atoms with van der Waals surface area (Å²) in [4.78, 5) is 6.99. The predicted octanol–water partition coefficient (Wildman–Crippen LogP) is 6.31. The summed E-state index contributed by atoms with van der Waals surface area (Å²) in [5, 5.41) is 29.4. The Morgan fingerprint density at radius 3 is 1.69 bits per heavy atom. The quantitative estimate of drug-likeness (QED) is 0.343. The van der Waals surface area contributed by atoms with E-state index in [2.05, 4.69) is 9.69 Å². The molecule has 0 saturated carbocycles. The fourth-order valence-electron chi connectivity index (χ4n) is 4.12. The standard InChI is InChI=1S/C26H13N5O/c1-14-5-7-16-21(9-14)32-22-10-15(2)6-8-17(22)23(16)24-19(12-28)18(11-27)20(13-29)25(30-3)26(24)31-4/h5-10,23H,1-2H3. The molecular formula is C26H13N5O. The fraction of sp³-hybridized carbons (Fsp3) is 0.115. The summed E-state index contributed by atoms with van der Waals surface area (Å²) >= 11 is 0. The lowest BCUT2D eigenvalue weighted by atomic mass is 9.77. The van der Waals surface area contributed by atoms with E-state index < -0.39 is 5.92 Å². The van der Waals surface area contributed by atoms with E-state index in [4.69, 9.17) is 17.9 Å². The number of ether oxygens (including phenoxy) is 1. The third kappa shape index (κ3) is 2.83. The highest BCUT2D eigenvalue weighted by Crippen LogP contribution is 2.53. The molecule has 0 spiro atoms. The van der Waals surface area contributed by atoms with Gasteiger partial charge >= 0.3 is 0 Å². The highest BCUT2D eigenvalue weighted by Gasteiger charge is 2.35. The third-order valence-electron chi connectivity index (χ3n) is 5.51. The number of rotatable bonds is 1. The smallest absolute Gasteiger partial charge is 0.213 e. The van der Waals surface area contributed by atoms with Crippen molar-refractivity contribution in [3.05, 3.63) is 104 Å². The van der Waals surface area contributed by atoms with Crippen molar-refractivity contribution in [1.82, 2.24) is 0 Å². The normalized spacial score (nSPS) is 11.4. The van der Waals surface area contributed by atoms with E-state index in [1.165, 1.54) is 0 Å². The average molecular weight is 411 g/mol. The summed E-state index contributed by atoms with van der Waals surface area (Å²) in [7, 11) is 0. The molecule has 1 aliphatic heterocycles. The van der Waals surface area contributed by atoms with E-state index in [1.807, 2.05) is 68.5 Å². The SMILES string of the molecule is [C-]#[N+]c1c(C#N)c(C#N)c(C#N)c(C2c3ccc(C)cc3Oc3cc(C)ccc32)c1[N+]#[C-]. The maximum absolute atomic E-state index is 10.0. The zero-order chi connectivity index (χ0) is 23.0. The number of hydrogen-bond acceptors (Lipinski definition) is 4. The van der Waals surface area contributed by atoms with Crippen LogP contribution in [0.2, 0.25) is 0 Å². The van der Waals surface area contributed by atoms with Gasteiger partial charge in [0, 0.05) is 17.0 Å². The molecule has 4 rings (SSSR count). The van der Waals surface area contributed by atoms with E-state index in [0.717, 1.165) is 22.3 Å². The summed E-state index contributed by atoms with van der Waals surface area (Å²) in [6.45, 7) is 19.3. The molecule has 3 aromatic carbocycles. The van der Waals surface area contributed by atoms with E-state index in [1.54, 1.807) is 0 Å². The van der Waals surface area contributed by atoms with Crippen LogP contribution in [0.4, 0.5) is 11.4 Å². The second-order valence-corrected chi connectivity index (χ2v) is 7.41. The minimum Gasteiger partial charge on any atom is -0.457 e. The molecule has 0 saturated heterocycles. The van der Waals surface area contributed by atoms with Crippen LogP contribution in [-0.2, 0) is 0 Å². The zero-order valence-electron chi connectivity index (χ0n) is 17.2. The van der Waals surface area contributed by atoms with Crippen LogP contribution in [-0.4, -0.2) is 0 Å². The van der Waals surface area contributed by atoms with Gasteiger partial charge in [0.25, 0.3) is 0 Å². The Bertz CT molecular complexity index is 1430. The first-order valence-electron chi connectivity index (χ1n) is 9.57. The molecule has 0 atom stereocenters. The molecule has 0 bridgehead atoms. The van der Waals surface area contributed by atoms with Crippen molar-refractivity contribution >= 4 is 11.4 Å². The monoisotopic (exact) mass is 411 g/mol. The Balaban J connectivity index is 2.23. The summed E-state index contributed by atoms with van der Waals surface area (Å²) in [5.74, 6) is 0.550. The number of fused-ring (bicyclic) bond motifs is 2. The Hall–Kier alpha value is -5.09. The zero-order valence-corrected chi connectivity index (χ0v) is 17.2. The number of benzene rings is 3. The van der Waals surface area contributed by atoms with E-state index in [0.29, 0.717) is 11.5 Å². The number of nitrogens with zero attached hydrogens (tertiary/aromatic N) is 5. The highest BCUT2D eigenvalue weighted by atomic mass is 16.5. The van der Waals surface area contributed by atoms with Gasteiger partial charge in [0.1, 0.15) is 17.6 Å². The van der Waals surface area contributed by atoms with Crippen LogP contribution in [0.25, 0.3) is 9.69 Å². The van der Waals surface area contributed by atoms with Gasteiger partial charge in [-0.05, 0) is 42.7 Å². The van der Waals surface area contributed by atoms with Gasteiger partial charge in [-0.25, -0.2) is 9.69 Å². The lowest BCUT2D eigenvalue weighted by Crippen LogP contribution is -2.14. The van der Waals surface area contributed by atoms with Crippen molar-refractivity contribution in [3.8, 4) is 29.7 Å². The van der Waals surface area contributed by atoms with E-state index >= 15 is 0 Å². The van der Waals surface area contributed by atoms with Crippen LogP contribution in [0.5, 0.6) is 11.5 Å². The van der Waals surface area contributed by atoms with Crippen LogP contribution in [0.3, 0.4) is 0 Å². The van der Waals surface area contributed by atoms with Crippen LogP contribution < -0.4 is 4.74 Å². The Morgan fingerprint density at radius 2 is 1.25 bits per heavy atom. The molecule has 6 heteroatoms. The van der Waals surface area contributed by atoms with Crippen molar-refractivity contribution < 1.29 is 4.74 Å². The molecular weight excluding hydrogens is 398 g/mol. The maximum atomic E-state index is 10.0. The van der Waals surface area contributed by atoms with Gasteiger partial charge in [0.15, 0.2) is 0 Å². The summed E-state index contributed by atoms with van der Waals surface area (Å²) in [6.07, 6.45) is 0. The highest BCUT2D eigenvalue weighted by molar-refractivity contribution is 5.88. The number of hydrogen-bond donors (Lipinski definition) is 0. The summed E-state index contributed by atoms with van der Waals surface area (Å²) in [6, 6.07) is 17.1. The lowest BCUT2D eigenvalue weighted by Gasteiger charge is -2.31. The molecule has 0 radical (unpaired) electrons. The molecule has 32 heavy (non-hydrogen) atoms. The van der Waals surface area contributed by atoms with Gasteiger partial charge < -0.3 is 4.74 Å². The first kappa shape index (κ1) is 20.2. The first-order chi connectivity index (χ1) is 15.5. The third-order valence-corrected chi connectivity index (χ3v) is 5.51. The van der Waals surface area contributed by atoms with Crippen molar-refractivity contribution in [2.75, 3.05) is 0 Å². The molecule has 0 aliphatic carbocycles. The maximum Gasteiger partial charge on any atom is 0.213 e. The molecule has 0 N–H and O–H groups in total. The van der Waals surface area contributed by atoms with Gasteiger partial charge in [0.2, 0.25) is 11.4 Å². The molecule has 0 aromatic heterocycles. The largest absolute Gasteiger partial charge is 0.457 e. The van der Waals surface area contributed by atoms with Gasteiger partial charge in [0.05, 0.1) is 42.0 Å². The Morgan fingerprint density at radius 1 is 0.750 bits per heavy atom. The van der Waals surface area contributed by atoms with Crippen LogP contribution >= 0.6 is 0 Å². The average Bonchev–Trinajstić information content (AvgIpc) is 2.80. The lowest BCUT2D eigenvalue weighted by molar-refractivity contribution is 0.452. The molecule has 0 fully saturated rings. The van der Waals surface area contributed by atoms with Crippen molar-refractivity contribution in [1.29, 1.82) is 15.8 Å². The molecule has 6 nitrogen and oxygen atoms in total. The van der Waals surface area contributed by atoms with Gasteiger partial charge in [-0.1, -0.05) is 24.3 Å². The van der Waals surface area contributed by atoms with Crippen LogP contribution in [0.1, 0.15) is 50.4 Å². The second-order valence-electron chi connectivity index (χ2n) is 7.41. The Labute approximate surface area is 185 Å². The van der Waals surface area contributed by atoms with Gasteiger partial charge in [-0.15, -0.1) is 0 Å². The molecule has 148 valence electrons. The Kier molecular flexibility index (Phi) is 4.81. The predicted molar refractivity (Wildman–Crippen MR) is 116 cm³/mol. The molecule has 3 aromatic rings. The molecule has 0 unspecified atom stereocenters. The minimum absolute atomic E-state index is 0.0626. The van der Waals surface area contributed by atoms with E-state index in [-0.39, 0.29) is 33.6 Å². The topological polar surface area (TPSA) is 89.3 Å². The van der Waals surface area contributed by atoms with E-state index in [9.17, 15) is 15.8 Å². The van der Waals surface area contributed by atoms with Gasteiger partial charge in [-0.2, -0.15) is 15.8 Å². The van der Waals surface area contributed by atoms with Crippen molar-refractivity contribution in [2.24, 2.45) is 0 Å². The summed E-state index contributed by atoms with van der Waals surface area (Å²) < 4.78 is 6.16. The number of nitriles is 3. The van der Waals surface area contributed by atoms with Crippen LogP contribution in [0, 0.1) is 61.0 Å². The van der Waals surface area contributed by atoms with Gasteiger partial charge in [-0.3, -0.25) is 0 Å². The molecule has 1 aliphatic rings. The first-order valence-corrected chi connectivity index (χ1v) is 9.57. The minimum atomic E-state index is -0.617. The number of aryl methyl sites for hydroxylation is 2. The molecule has 0 amide bonds. The van der Waals surface area contributed by atoms with Crippen LogP contribution in [0.15, 0.2) is 36.4 Å². The summed E-state index contributed by atoms with van der Waals surface area (Å²) in [5.41, 5.74) is 2.86.